The van der Waals surface area contributed by atoms with Crippen LogP contribution in [0.1, 0.15) is 17.0 Å². The Morgan fingerprint density at radius 3 is 2.45 bits per heavy atom. The third-order valence-corrected chi connectivity index (χ3v) is 4.54. The zero-order valence-corrected chi connectivity index (χ0v) is 13.8. The highest BCUT2D eigenvalue weighted by Crippen LogP contribution is 2.22. The van der Waals surface area contributed by atoms with Gasteiger partial charge < -0.3 is 9.47 Å². The Balaban J connectivity index is 1.54. The topological polar surface area (TPSA) is 37.2 Å². The summed E-state index contributed by atoms with van der Waals surface area (Å²) in [5.41, 5.74) is 4.11. The third kappa shape index (κ3) is 3.30. The summed E-state index contributed by atoms with van der Waals surface area (Å²) < 4.78 is 2.12. The van der Waals surface area contributed by atoms with Crippen molar-refractivity contribution in [3.63, 3.8) is 0 Å². The molecule has 1 aromatic carbocycles. The molecule has 0 amide bonds. The largest absolute Gasteiger partial charge is 0.369 e. The van der Waals surface area contributed by atoms with Crippen molar-refractivity contribution in [2.75, 3.05) is 37.6 Å². The maximum absolute atomic E-state index is 4.04. The smallest absolute Gasteiger partial charge is 0.129 e. The quantitative estimate of drug-likeness (QED) is 0.865. The molecular weight excluding hydrogens is 274 g/mol. The molecule has 0 aliphatic carbocycles. The number of anilines is 1. The van der Waals surface area contributed by atoms with E-state index in [9.17, 15) is 0 Å². The Hall–Kier alpha value is -1.88. The molecule has 2 aromatic rings. The van der Waals surface area contributed by atoms with Gasteiger partial charge in [0.15, 0.2) is 0 Å². The molecule has 1 saturated heterocycles. The van der Waals surface area contributed by atoms with Crippen molar-refractivity contribution in [2.24, 2.45) is 0 Å². The molecule has 1 fully saturated rings. The highest BCUT2D eigenvalue weighted by molar-refractivity contribution is 5.55. The van der Waals surface area contributed by atoms with Gasteiger partial charge >= 0.3 is 0 Å². The average molecular weight is 299 g/mol. The Bertz CT molecular complexity index is 626. The Morgan fingerprint density at radius 2 is 1.77 bits per heavy atom. The van der Waals surface area contributed by atoms with E-state index in [1.165, 1.54) is 16.8 Å². The van der Waals surface area contributed by atoms with Crippen molar-refractivity contribution in [2.45, 2.75) is 27.3 Å². The van der Waals surface area contributed by atoms with Crippen LogP contribution in [0.2, 0.25) is 0 Å². The van der Waals surface area contributed by atoms with Crippen LogP contribution in [0.4, 0.5) is 5.69 Å². The van der Waals surface area contributed by atoms with Crippen molar-refractivity contribution in [1.82, 2.24) is 19.7 Å². The lowest BCUT2D eigenvalue weighted by Crippen LogP contribution is -2.47. The predicted molar refractivity (Wildman–Crippen MR) is 89.3 cm³/mol. The Kier molecular flexibility index (Phi) is 4.43. The number of aryl methyl sites for hydroxylation is 3. The lowest BCUT2D eigenvalue weighted by Gasteiger charge is -2.37. The van der Waals surface area contributed by atoms with Gasteiger partial charge in [0.25, 0.3) is 0 Å². The van der Waals surface area contributed by atoms with Crippen molar-refractivity contribution >= 4 is 5.69 Å². The first-order valence-electron chi connectivity index (χ1n) is 8.02. The summed E-state index contributed by atoms with van der Waals surface area (Å²) in [5.74, 6) is 0.994. The normalized spacial score (nSPS) is 16.2. The summed E-state index contributed by atoms with van der Waals surface area (Å²) in [6.07, 6.45) is 1.82. The lowest BCUT2D eigenvalue weighted by atomic mass is 10.1. The third-order valence-electron chi connectivity index (χ3n) is 4.54. The zero-order chi connectivity index (χ0) is 15.5. The van der Waals surface area contributed by atoms with Crippen LogP contribution in [0.25, 0.3) is 0 Å². The molecule has 1 aliphatic rings. The molecule has 2 heterocycles. The first-order chi connectivity index (χ1) is 10.6. The second kappa shape index (κ2) is 6.48. The van der Waals surface area contributed by atoms with Crippen LogP contribution in [0.15, 0.2) is 24.5 Å². The predicted octanol–water partition coefficient (Wildman–Crippen LogP) is 2.03. The number of aromatic nitrogens is 3. The molecule has 0 atom stereocenters. The molecule has 1 aliphatic heterocycles. The minimum absolute atomic E-state index is 0.975. The number of benzene rings is 1. The molecule has 22 heavy (non-hydrogen) atoms. The van der Waals surface area contributed by atoms with E-state index in [0.717, 1.165) is 45.1 Å². The highest BCUT2D eigenvalue weighted by atomic mass is 15.3. The summed E-state index contributed by atoms with van der Waals surface area (Å²) in [6, 6.07) is 6.73. The fourth-order valence-electron chi connectivity index (χ4n) is 3.05. The molecule has 1 aromatic heterocycles. The van der Waals surface area contributed by atoms with Crippen molar-refractivity contribution in [3.05, 3.63) is 41.5 Å². The number of piperazine rings is 1. The van der Waals surface area contributed by atoms with E-state index in [2.05, 4.69) is 56.6 Å². The summed E-state index contributed by atoms with van der Waals surface area (Å²) in [4.78, 5) is 5.05. The maximum atomic E-state index is 4.04. The summed E-state index contributed by atoms with van der Waals surface area (Å²) in [6.45, 7) is 12.9. The van der Waals surface area contributed by atoms with Gasteiger partial charge in [0.05, 0.1) is 0 Å². The Morgan fingerprint density at radius 1 is 1.00 bits per heavy atom. The van der Waals surface area contributed by atoms with Crippen molar-refractivity contribution in [1.29, 1.82) is 0 Å². The molecule has 118 valence electrons. The van der Waals surface area contributed by atoms with E-state index in [-0.39, 0.29) is 0 Å². The first kappa shape index (κ1) is 15.0. The fraction of sp³-hybridized carbons (Fsp3) is 0.529. The van der Waals surface area contributed by atoms with Crippen LogP contribution in [0.3, 0.4) is 0 Å². The van der Waals surface area contributed by atoms with Gasteiger partial charge in [-0.25, -0.2) is 0 Å². The minimum atomic E-state index is 0.975. The van der Waals surface area contributed by atoms with Crippen LogP contribution in [0.5, 0.6) is 0 Å². The average Bonchev–Trinajstić information content (AvgIpc) is 2.93. The monoisotopic (exact) mass is 299 g/mol. The van der Waals surface area contributed by atoms with Crippen molar-refractivity contribution < 1.29 is 0 Å². The van der Waals surface area contributed by atoms with Gasteiger partial charge in [-0.1, -0.05) is 12.1 Å². The first-order valence-corrected chi connectivity index (χ1v) is 8.02. The summed E-state index contributed by atoms with van der Waals surface area (Å²) >= 11 is 0. The molecule has 0 N–H and O–H groups in total. The highest BCUT2D eigenvalue weighted by Gasteiger charge is 2.18. The second-order valence-electron chi connectivity index (χ2n) is 6.19. The van der Waals surface area contributed by atoms with Gasteiger partial charge in [0.1, 0.15) is 12.2 Å². The SMILES string of the molecule is Cc1ccc(C)c(N2CCN(CCn3cnnc3C)CC2)c1. The molecule has 0 spiro atoms. The van der Waals surface area contributed by atoms with Crippen LogP contribution in [-0.4, -0.2) is 52.4 Å². The van der Waals surface area contributed by atoms with E-state index in [1.807, 2.05) is 13.3 Å². The number of rotatable bonds is 4. The zero-order valence-electron chi connectivity index (χ0n) is 13.8. The van der Waals surface area contributed by atoms with Gasteiger partial charge in [-0.2, -0.15) is 0 Å². The van der Waals surface area contributed by atoms with E-state index in [4.69, 9.17) is 0 Å². The fourth-order valence-corrected chi connectivity index (χ4v) is 3.05. The van der Waals surface area contributed by atoms with E-state index >= 15 is 0 Å². The summed E-state index contributed by atoms with van der Waals surface area (Å²) in [7, 11) is 0. The van der Waals surface area contributed by atoms with E-state index < -0.39 is 0 Å². The molecule has 0 saturated carbocycles. The van der Waals surface area contributed by atoms with Crippen LogP contribution < -0.4 is 4.90 Å². The second-order valence-corrected chi connectivity index (χ2v) is 6.19. The summed E-state index contributed by atoms with van der Waals surface area (Å²) in [5, 5.41) is 7.98. The van der Waals surface area contributed by atoms with Crippen LogP contribution in [-0.2, 0) is 6.54 Å². The molecule has 3 rings (SSSR count). The minimum Gasteiger partial charge on any atom is -0.369 e. The van der Waals surface area contributed by atoms with Crippen LogP contribution in [0, 0.1) is 20.8 Å². The van der Waals surface area contributed by atoms with Crippen LogP contribution >= 0.6 is 0 Å². The van der Waals surface area contributed by atoms with Gasteiger partial charge in [0.2, 0.25) is 0 Å². The lowest BCUT2D eigenvalue weighted by molar-refractivity contribution is 0.247. The standard InChI is InChI=1S/C17H25N5/c1-14-4-5-15(2)17(12-14)21-9-6-20(7-10-21)8-11-22-13-18-19-16(22)3/h4-5,12-13H,6-11H2,1-3H3. The number of nitrogens with zero attached hydrogens (tertiary/aromatic N) is 5. The van der Waals surface area contributed by atoms with Gasteiger partial charge in [-0.05, 0) is 38.0 Å². The molecular formula is C17H25N5. The maximum Gasteiger partial charge on any atom is 0.129 e. The van der Waals surface area contributed by atoms with E-state index in [1.54, 1.807) is 0 Å². The van der Waals surface area contributed by atoms with Gasteiger partial charge in [-0.3, -0.25) is 4.90 Å². The van der Waals surface area contributed by atoms with Gasteiger partial charge in [-0.15, -0.1) is 10.2 Å². The van der Waals surface area contributed by atoms with Crippen molar-refractivity contribution in [3.8, 4) is 0 Å². The number of hydrogen-bond donors (Lipinski definition) is 0. The molecule has 0 bridgehead atoms. The Labute approximate surface area is 132 Å². The number of hydrogen-bond acceptors (Lipinski definition) is 4. The molecule has 0 radical (unpaired) electrons. The molecule has 5 nitrogen and oxygen atoms in total. The van der Waals surface area contributed by atoms with Gasteiger partial charge in [0, 0.05) is 45.0 Å². The van der Waals surface area contributed by atoms with E-state index in [0.29, 0.717) is 0 Å². The molecule has 5 heteroatoms. The molecule has 0 unspecified atom stereocenters.